The summed E-state index contributed by atoms with van der Waals surface area (Å²) >= 11 is 0. The summed E-state index contributed by atoms with van der Waals surface area (Å²) in [6, 6.07) is 0. The van der Waals surface area contributed by atoms with Crippen LogP contribution in [0.1, 0.15) is 111 Å². The topological polar surface area (TPSA) is 0 Å². The average Bonchev–Trinajstić information content (AvgIpc) is 2.50. The molecule has 0 aliphatic rings. The highest BCUT2D eigenvalue weighted by Gasteiger charge is 2.14. The van der Waals surface area contributed by atoms with Crippen LogP contribution in [0, 0.1) is 5.92 Å². The molecule has 140 valence electrons. The van der Waals surface area contributed by atoms with E-state index in [0.717, 1.165) is 5.92 Å². The zero-order valence-electron chi connectivity index (χ0n) is 17.3. The van der Waals surface area contributed by atoms with Gasteiger partial charge in [0.05, 0.1) is 27.2 Å². The smallest absolute Gasteiger partial charge is 0.0784 e. The summed E-state index contributed by atoms with van der Waals surface area (Å²) in [6.07, 6.45) is 20.3. The highest BCUT2D eigenvalue weighted by atomic mass is 15.3. The number of nitrogens with zero attached hydrogens (tertiary/aromatic N) is 1. The van der Waals surface area contributed by atoms with Crippen molar-refractivity contribution in [1.29, 1.82) is 0 Å². The lowest BCUT2D eigenvalue weighted by Crippen LogP contribution is -2.41. The highest BCUT2D eigenvalue weighted by Crippen LogP contribution is 2.13. The normalized spacial score (nSPS) is 12.3. The van der Waals surface area contributed by atoms with Gasteiger partial charge in [0.25, 0.3) is 0 Å². The van der Waals surface area contributed by atoms with Crippen LogP contribution in [0.3, 0.4) is 0 Å². The van der Waals surface area contributed by atoms with E-state index in [4.69, 9.17) is 0 Å². The summed E-state index contributed by atoms with van der Waals surface area (Å²) in [5.41, 5.74) is 0. The van der Waals surface area contributed by atoms with Crippen LogP contribution in [-0.2, 0) is 0 Å². The van der Waals surface area contributed by atoms with E-state index in [1.807, 2.05) is 0 Å². The number of rotatable bonds is 17. The molecule has 0 bridgehead atoms. The summed E-state index contributed by atoms with van der Waals surface area (Å²) in [7, 11) is 4.81. The van der Waals surface area contributed by atoms with Crippen LogP contribution in [0.15, 0.2) is 0 Å². The van der Waals surface area contributed by atoms with Crippen LogP contribution < -0.4 is 0 Å². The van der Waals surface area contributed by atoms with E-state index in [1.165, 1.54) is 107 Å². The third-order valence-corrected chi connectivity index (χ3v) is 5.18. The van der Waals surface area contributed by atoms with Crippen LogP contribution in [0.25, 0.3) is 0 Å². The summed E-state index contributed by atoms with van der Waals surface area (Å²) < 4.78 is 1.22. The van der Waals surface area contributed by atoms with Gasteiger partial charge in [-0.25, -0.2) is 0 Å². The van der Waals surface area contributed by atoms with Gasteiger partial charge in [0, 0.05) is 0 Å². The fraction of sp³-hybridized carbons (Fsp3) is 1.00. The molecule has 23 heavy (non-hydrogen) atoms. The van der Waals surface area contributed by atoms with Gasteiger partial charge in [-0.2, -0.15) is 0 Å². The monoisotopic (exact) mass is 326 g/mol. The molecule has 0 unspecified atom stereocenters. The van der Waals surface area contributed by atoms with Crippen molar-refractivity contribution >= 4 is 0 Å². The Morgan fingerprint density at radius 3 is 1.35 bits per heavy atom. The summed E-state index contributed by atoms with van der Waals surface area (Å²) in [5, 5.41) is 0. The van der Waals surface area contributed by atoms with E-state index in [9.17, 15) is 0 Å². The molecule has 0 fully saturated rings. The SMILES string of the molecule is CCCCCCCCCCCCCCC[N+](C)(C)CCC(C)C. The Labute approximate surface area is 148 Å². The van der Waals surface area contributed by atoms with E-state index in [0.29, 0.717) is 0 Å². The van der Waals surface area contributed by atoms with Gasteiger partial charge in [-0.1, -0.05) is 91.4 Å². The maximum absolute atomic E-state index is 2.41. The van der Waals surface area contributed by atoms with Gasteiger partial charge < -0.3 is 4.48 Å². The predicted octanol–water partition coefficient (Wildman–Crippen LogP) is 7.20. The summed E-state index contributed by atoms with van der Waals surface area (Å²) in [5.74, 6) is 0.846. The zero-order valence-corrected chi connectivity index (χ0v) is 17.3. The van der Waals surface area contributed by atoms with Crippen molar-refractivity contribution in [1.82, 2.24) is 0 Å². The molecule has 1 heteroatoms. The molecule has 1 nitrogen and oxygen atoms in total. The van der Waals surface area contributed by atoms with E-state index in [-0.39, 0.29) is 0 Å². The number of hydrogen-bond donors (Lipinski definition) is 0. The Morgan fingerprint density at radius 2 is 0.957 bits per heavy atom. The molecule has 0 aliphatic heterocycles. The average molecular weight is 327 g/mol. The Hall–Kier alpha value is -0.0400. The number of quaternary nitrogens is 1. The molecule has 0 aromatic carbocycles. The molecule has 0 aromatic rings. The van der Waals surface area contributed by atoms with Gasteiger partial charge >= 0.3 is 0 Å². The van der Waals surface area contributed by atoms with Crippen molar-refractivity contribution in [3.8, 4) is 0 Å². The molecule has 0 saturated carbocycles. The van der Waals surface area contributed by atoms with Gasteiger partial charge in [0.2, 0.25) is 0 Å². The van der Waals surface area contributed by atoms with Crippen molar-refractivity contribution < 1.29 is 4.48 Å². The minimum atomic E-state index is 0.846. The van der Waals surface area contributed by atoms with E-state index in [1.54, 1.807) is 0 Å². The molecule has 0 saturated heterocycles. The molecule has 0 aromatic heterocycles. The van der Waals surface area contributed by atoms with Crippen LogP contribution in [0.2, 0.25) is 0 Å². The zero-order chi connectivity index (χ0) is 17.4. The van der Waals surface area contributed by atoms with Crippen molar-refractivity contribution in [2.45, 2.75) is 111 Å². The van der Waals surface area contributed by atoms with Gasteiger partial charge in [-0.3, -0.25) is 0 Å². The van der Waals surface area contributed by atoms with E-state index in [2.05, 4.69) is 34.9 Å². The lowest BCUT2D eigenvalue weighted by atomic mass is 10.0. The maximum atomic E-state index is 2.41. The molecule has 0 rings (SSSR count). The van der Waals surface area contributed by atoms with Crippen molar-refractivity contribution in [3.05, 3.63) is 0 Å². The minimum Gasteiger partial charge on any atom is -0.328 e. The van der Waals surface area contributed by atoms with Crippen molar-refractivity contribution in [3.63, 3.8) is 0 Å². The third-order valence-electron chi connectivity index (χ3n) is 5.18. The van der Waals surface area contributed by atoms with Crippen molar-refractivity contribution in [2.75, 3.05) is 27.2 Å². The van der Waals surface area contributed by atoms with E-state index < -0.39 is 0 Å². The quantitative estimate of drug-likeness (QED) is 0.196. The maximum Gasteiger partial charge on any atom is 0.0784 e. The lowest BCUT2D eigenvalue weighted by molar-refractivity contribution is -0.891. The molecular formula is C22H48N+. The Balaban J connectivity index is 3.24. The standard InChI is InChI=1S/C22H48N/c1-6-7-8-9-10-11-12-13-14-15-16-17-18-20-23(4,5)21-19-22(2)3/h22H,6-21H2,1-5H3/q+1. The fourth-order valence-corrected chi connectivity index (χ4v) is 3.28. The first kappa shape index (κ1) is 23.0. The Morgan fingerprint density at radius 1 is 0.565 bits per heavy atom. The molecular weight excluding hydrogens is 278 g/mol. The van der Waals surface area contributed by atoms with E-state index >= 15 is 0 Å². The first-order chi connectivity index (χ1) is 11.0. The number of hydrogen-bond acceptors (Lipinski definition) is 0. The van der Waals surface area contributed by atoms with Gasteiger partial charge in [0.1, 0.15) is 0 Å². The molecule has 0 aliphatic carbocycles. The molecule has 0 radical (unpaired) electrons. The van der Waals surface area contributed by atoms with Gasteiger partial charge in [-0.05, 0) is 25.2 Å². The predicted molar refractivity (Wildman–Crippen MR) is 107 cm³/mol. The van der Waals surface area contributed by atoms with Crippen LogP contribution in [-0.4, -0.2) is 31.7 Å². The van der Waals surface area contributed by atoms with Gasteiger partial charge in [0.15, 0.2) is 0 Å². The minimum absolute atomic E-state index is 0.846. The molecule has 0 atom stereocenters. The fourth-order valence-electron chi connectivity index (χ4n) is 3.28. The first-order valence-corrected chi connectivity index (χ1v) is 10.8. The molecule has 0 spiro atoms. The second-order valence-corrected chi connectivity index (χ2v) is 8.81. The second kappa shape index (κ2) is 15.5. The van der Waals surface area contributed by atoms with Crippen LogP contribution in [0.5, 0.6) is 0 Å². The van der Waals surface area contributed by atoms with Gasteiger partial charge in [-0.15, -0.1) is 0 Å². The lowest BCUT2D eigenvalue weighted by Gasteiger charge is -2.30. The van der Waals surface area contributed by atoms with Crippen molar-refractivity contribution in [2.24, 2.45) is 5.92 Å². The van der Waals surface area contributed by atoms with Crippen LogP contribution in [0.4, 0.5) is 0 Å². The highest BCUT2D eigenvalue weighted by molar-refractivity contribution is 4.50. The number of unbranched alkanes of at least 4 members (excludes halogenated alkanes) is 12. The third kappa shape index (κ3) is 18.1. The molecule has 0 N–H and O–H groups in total. The first-order valence-electron chi connectivity index (χ1n) is 10.8. The Kier molecular flexibility index (Phi) is 15.5. The summed E-state index contributed by atoms with van der Waals surface area (Å²) in [6.45, 7) is 9.68. The molecule has 0 amide bonds. The largest absolute Gasteiger partial charge is 0.328 e. The summed E-state index contributed by atoms with van der Waals surface area (Å²) in [4.78, 5) is 0. The van der Waals surface area contributed by atoms with Crippen LogP contribution >= 0.6 is 0 Å². The Bertz CT molecular complexity index is 232. The second-order valence-electron chi connectivity index (χ2n) is 8.81. The molecule has 0 heterocycles.